The number of nitrogens with one attached hydrogen (secondary N) is 1. The normalized spacial score (nSPS) is 17.2. The lowest BCUT2D eigenvalue weighted by atomic mass is 10.0. The number of H-pyrrole nitrogens is 1. The van der Waals surface area contributed by atoms with Crippen LogP contribution in [0.4, 0.5) is 0 Å². The molecule has 9 nitrogen and oxygen atoms in total. The van der Waals surface area contributed by atoms with Crippen LogP contribution in [-0.2, 0) is 11.2 Å². The van der Waals surface area contributed by atoms with Gasteiger partial charge in [-0.3, -0.25) is 14.5 Å². The zero-order chi connectivity index (χ0) is 23.5. The van der Waals surface area contributed by atoms with Gasteiger partial charge in [-0.05, 0) is 41.8 Å². The fraction of sp³-hybridized carbons (Fsp3) is 0.333. The van der Waals surface area contributed by atoms with Gasteiger partial charge in [0, 0.05) is 26.7 Å². The van der Waals surface area contributed by atoms with Crippen LogP contribution in [0.3, 0.4) is 0 Å². The summed E-state index contributed by atoms with van der Waals surface area (Å²) in [7, 11) is 1.71. The minimum Gasteiger partial charge on any atom is -0.478 e. The number of aliphatic hydroxyl groups is 1. The number of carbonyl (C=O) groups excluding carboxylic acids is 1. The third kappa shape index (κ3) is 5.27. The van der Waals surface area contributed by atoms with Gasteiger partial charge in [0.05, 0.1) is 41.4 Å². The molecule has 0 saturated carbocycles. The molecule has 2 atom stereocenters. The number of β-amino-alcohol motifs (C(OH)–C–C–N with tert-alkyl or cyclic N) is 1. The maximum atomic E-state index is 13.2. The van der Waals surface area contributed by atoms with Crippen molar-refractivity contribution >= 4 is 22.9 Å². The number of carbonyl (C=O) groups is 2. The molecule has 1 aliphatic rings. The Kier molecular flexibility index (Phi) is 6.52. The molecule has 1 aliphatic heterocycles. The number of likely N-dealkylation sites (N-methyl/N-ethyl adjacent to an activating group) is 1. The number of hydrogen-bond donors (Lipinski definition) is 3. The zero-order valence-corrected chi connectivity index (χ0v) is 18.3. The van der Waals surface area contributed by atoms with Gasteiger partial charge in [0.2, 0.25) is 5.91 Å². The van der Waals surface area contributed by atoms with Gasteiger partial charge >= 0.3 is 5.97 Å². The summed E-state index contributed by atoms with van der Waals surface area (Å²) < 4.78 is 0. The molecular formula is C24H26N4O5. The first kappa shape index (κ1) is 22.6. The number of hydrogen-bond acceptors (Lipinski definition) is 6. The molecule has 4 rings (SSSR count). The van der Waals surface area contributed by atoms with Gasteiger partial charge in [-0.2, -0.15) is 0 Å². The number of fused-ring (bicyclic) bond motifs is 1. The van der Waals surface area contributed by atoms with Crippen LogP contribution in [0.2, 0.25) is 0 Å². The first-order valence-electron chi connectivity index (χ1n) is 10.8. The molecule has 1 saturated heterocycles. The summed E-state index contributed by atoms with van der Waals surface area (Å²) in [5, 5.41) is 19.3. The number of nitrogens with zero attached hydrogens (tertiary/aromatic N) is 3. The van der Waals surface area contributed by atoms with Crippen LogP contribution < -0.4 is 5.56 Å². The first-order chi connectivity index (χ1) is 15.8. The average Bonchev–Trinajstić information content (AvgIpc) is 3.21. The molecular weight excluding hydrogens is 424 g/mol. The SMILES string of the molecule is CN(C(=O)Cc1ccc2ncc(=O)[nH]c2c1)[C@H](CN1CCC(O)C1)c1cccc(C(=O)O)c1. The molecule has 0 bridgehead atoms. The van der Waals surface area contributed by atoms with Crippen molar-refractivity contribution in [3.05, 3.63) is 75.7 Å². The lowest BCUT2D eigenvalue weighted by Crippen LogP contribution is -2.39. The minimum absolute atomic E-state index is 0.112. The summed E-state index contributed by atoms with van der Waals surface area (Å²) in [5.41, 5.74) is 2.50. The average molecular weight is 450 g/mol. The lowest BCUT2D eigenvalue weighted by Gasteiger charge is -2.32. The number of rotatable bonds is 7. The standard InChI is InChI=1S/C24H26N4O5/c1-27(23(31)10-15-5-6-19-20(9-15)26-22(30)12-25-19)21(14-28-8-7-18(29)13-28)16-3-2-4-17(11-16)24(32)33/h2-6,9,11-12,18,21,29H,7-8,10,13-14H2,1H3,(H,26,30)(H,32,33)/t18?,21-/m1/s1. The molecule has 1 amide bonds. The topological polar surface area (TPSA) is 127 Å². The molecule has 2 aromatic carbocycles. The monoisotopic (exact) mass is 450 g/mol. The fourth-order valence-electron chi connectivity index (χ4n) is 4.23. The Bertz CT molecular complexity index is 1240. The van der Waals surface area contributed by atoms with E-state index >= 15 is 0 Å². The lowest BCUT2D eigenvalue weighted by molar-refractivity contribution is -0.131. The van der Waals surface area contributed by atoms with Gasteiger partial charge in [-0.15, -0.1) is 0 Å². The van der Waals surface area contributed by atoms with Gasteiger partial charge in [-0.25, -0.2) is 9.78 Å². The van der Waals surface area contributed by atoms with E-state index in [2.05, 4.69) is 14.9 Å². The van der Waals surface area contributed by atoms with Crippen LogP contribution in [0.25, 0.3) is 11.0 Å². The van der Waals surface area contributed by atoms with E-state index in [1.807, 2.05) is 6.07 Å². The van der Waals surface area contributed by atoms with Crippen LogP contribution in [0, 0.1) is 0 Å². The Morgan fingerprint density at radius 2 is 2.09 bits per heavy atom. The van der Waals surface area contributed by atoms with Gasteiger partial charge in [-0.1, -0.05) is 18.2 Å². The molecule has 0 aliphatic carbocycles. The third-order valence-corrected chi connectivity index (χ3v) is 6.05. The summed E-state index contributed by atoms with van der Waals surface area (Å²) in [6.45, 7) is 1.71. The molecule has 3 N–H and O–H groups in total. The summed E-state index contributed by atoms with van der Waals surface area (Å²) in [6, 6.07) is 11.5. The van der Waals surface area contributed by atoms with E-state index in [1.54, 1.807) is 42.3 Å². The van der Waals surface area contributed by atoms with E-state index < -0.39 is 12.1 Å². The Morgan fingerprint density at radius 3 is 2.82 bits per heavy atom. The van der Waals surface area contributed by atoms with Crippen LogP contribution >= 0.6 is 0 Å². The largest absolute Gasteiger partial charge is 0.478 e. The van der Waals surface area contributed by atoms with Crippen molar-refractivity contribution in [1.82, 2.24) is 19.8 Å². The highest BCUT2D eigenvalue weighted by Crippen LogP contribution is 2.25. The minimum atomic E-state index is -1.03. The molecule has 1 aromatic heterocycles. The number of aliphatic hydroxyl groups excluding tert-OH is 1. The van der Waals surface area contributed by atoms with Crippen molar-refractivity contribution in [1.29, 1.82) is 0 Å². The molecule has 0 radical (unpaired) electrons. The van der Waals surface area contributed by atoms with Crippen molar-refractivity contribution < 1.29 is 19.8 Å². The number of aromatic amines is 1. The Balaban J connectivity index is 1.58. The Hall–Kier alpha value is -3.56. The summed E-state index contributed by atoms with van der Waals surface area (Å²) >= 11 is 0. The number of aromatic nitrogens is 2. The van der Waals surface area contributed by atoms with E-state index in [1.165, 1.54) is 12.3 Å². The molecule has 2 heterocycles. The summed E-state index contributed by atoms with van der Waals surface area (Å²) in [4.78, 5) is 46.8. The van der Waals surface area contributed by atoms with Gasteiger partial charge in [0.15, 0.2) is 0 Å². The predicted octanol–water partition coefficient (Wildman–Crippen LogP) is 1.43. The molecule has 1 fully saturated rings. The van der Waals surface area contributed by atoms with Gasteiger partial charge in [0.1, 0.15) is 0 Å². The molecule has 172 valence electrons. The highest BCUT2D eigenvalue weighted by Gasteiger charge is 2.28. The smallest absolute Gasteiger partial charge is 0.335 e. The summed E-state index contributed by atoms with van der Waals surface area (Å²) in [6.07, 6.45) is 1.60. The molecule has 0 spiro atoms. The summed E-state index contributed by atoms with van der Waals surface area (Å²) in [5.74, 6) is -1.17. The van der Waals surface area contributed by atoms with Crippen molar-refractivity contribution in [3.63, 3.8) is 0 Å². The highest BCUT2D eigenvalue weighted by atomic mass is 16.4. The second-order valence-corrected chi connectivity index (χ2v) is 8.43. The predicted molar refractivity (Wildman–Crippen MR) is 122 cm³/mol. The van der Waals surface area contributed by atoms with E-state index in [0.717, 1.165) is 11.1 Å². The van der Waals surface area contributed by atoms with Crippen LogP contribution in [0.15, 0.2) is 53.5 Å². The van der Waals surface area contributed by atoms with Crippen molar-refractivity contribution in [2.24, 2.45) is 0 Å². The number of carboxylic acids is 1. The molecule has 9 heteroatoms. The van der Waals surface area contributed by atoms with Crippen LogP contribution in [0.1, 0.15) is 33.9 Å². The second kappa shape index (κ2) is 9.51. The maximum Gasteiger partial charge on any atom is 0.335 e. The molecule has 3 aromatic rings. The van der Waals surface area contributed by atoms with Crippen LogP contribution in [-0.4, -0.2) is 74.6 Å². The first-order valence-corrected chi connectivity index (χ1v) is 10.8. The second-order valence-electron chi connectivity index (χ2n) is 8.43. The van der Waals surface area contributed by atoms with Crippen LogP contribution in [0.5, 0.6) is 0 Å². The molecule has 1 unspecified atom stereocenters. The number of likely N-dealkylation sites (tertiary alicyclic amines) is 1. The number of carboxylic acid groups (broad SMARTS) is 1. The van der Waals surface area contributed by atoms with E-state index in [-0.39, 0.29) is 29.5 Å². The Morgan fingerprint density at radius 1 is 1.27 bits per heavy atom. The van der Waals surface area contributed by atoms with Crippen molar-refractivity contribution in [2.75, 3.05) is 26.7 Å². The number of aromatic carboxylic acids is 1. The fourth-order valence-corrected chi connectivity index (χ4v) is 4.23. The van der Waals surface area contributed by atoms with Crippen molar-refractivity contribution in [3.8, 4) is 0 Å². The molecule has 33 heavy (non-hydrogen) atoms. The van der Waals surface area contributed by atoms with Gasteiger partial charge < -0.3 is 20.1 Å². The highest BCUT2D eigenvalue weighted by molar-refractivity contribution is 5.88. The van der Waals surface area contributed by atoms with E-state index in [9.17, 15) is 24.6 Å². The quantitative estimate of drug-likeness (QED) is 0.497. The van der Waals surface area contributed by atoms with E-state index in [4.69, 9.17) is 0 Å². The van der Waals surface area contributed by atoms with Crippen molar-refractivity contribution in [2.45, 2.75) is 25.0 Å². The maximum absolute atomic E-state index is 13.2. The van der Waals surface area contributed by atoms with E-state index in [0.29, 0.717) is 37.1 Å². The number of benzene rings is 2. The number of amides is 1. The zero-order valence-electron chi connectivity index (χ0n) is 18.3. The van der Waals surface area contributed by atoms with Gasteiger partial charge in [0.25, 0.3) is 5.56 Å². The Labute approximate surface area is 190 Å². The third-order valence-electron chi connectivity index (χ3n) is 6.05.